The predicted octanol–water partition coefficient (Wildman–Crippen LogP) is 4.76. The number of benzene rings is 3. The zero-order chi connectivity index (χ0) is 23.5. The molecular weight excluding hydrogens is 422 g/mol. The Bertz CT molecular complexity index is 1160. The molecule has 1 amide bonds. The molecular formula is C29H33N3O2. The zero-order valence-corrected chi connectivity index (χ0v) is 19.8. The molecule has 1 saturated heterocycles. The molecule has 3 aromatic carbocycles. The van der Waals surface area contributed by atoms with Crippen molar-refractivity contribution in [2.45, 2.75) is 38.3 Å². The molecule has 0 saturated carbocycles. The van der Waals surface area contributed by atoms with Gasteiger partial charge in [-0.3, -0.25) is 9.69 Å². The van der Waals surface area contributed by atoms with Gasteiger partial charge in [-0.05, 0) is 67.1 Å². The normalized spacial score (nSPS) is 20.6. The highest BCUT2D eigenvalue weighted by atomic mass is 16.3. The van der Waals surface area contributed by atoms with Crippen LogP contribution in [-0.2, 0) is 13.0 Å². The number of likely N-dealkylation sites (tertiary alicyclic amines) is 1. The number of hydrogen-bond acceptors (Lipinski definition) is 4. The van der Waals surface area contributed by atoms with Crippen LogP contribution < -0.4 is 5.32 Å². The lowest BCUT2D eigenvalue weighted by molar-refractivity contribution is -0.0489. The molecule has 34 heavy (non-hydrogen) atoms. The number of hydrogen-bond donors (Lipinski definition) is 2. The molecule has 0 aliphatic carbocycles. The van der Waals surface area contributed by atoms with Crippen molar-refractivity contribution in [1.82, 2.24) is 9.80 Å². The highest BCUT2D eigenvalue weighted by molar-refractivity contribution is 5.95. The summed E-state index contributed by atoms with van der Waals surface area (Å²) in [5.74, 6) is -0.0155. The SMILES string of the molecule is Cc1ccc(C(=O)N2CCCC(O)(CN3CCc4ccccc4C3)C2)cc1Nc1ccccc1. The van der Waals surface area contributed by atoms with E-state index < -0.39 is 5.60 Å². The molecule has 1 fully saturated rings. The first kappa shape index (κ1) is 22.6. The molecule has 1 unspecified atom stereocenters. The highest BCUT2D eigenvalue weighted by Crippen LogP contribution is 2.28. The number of nitrogens with one attached hydrogen (secondary N) is 1. The number of amides is 1. The van der Waals surface area contributed by atoms with Crippen LogP contribution in [0.3, 0.4) is 0 Å². The van der Waals surface area contributed by atoms with E-state index in [4.69, 9.17) is 0 Å². The fourth-order valence-corrected chi connectivity index (χ4v) is 5.27. The molecule has 0 radical (unpaired) electrons. The predicted molar refractivity (Wildman–Crippen MR) is 136 cm³/mol. The van der Waals surface area contributed by atoms with Gasteiger partial charge in [0.25, 0.3) is 5.91 Å². The molecule has 5 nitrogen and oxygen atoms in total. The molecule has 176 valence electrons. The van der Waals surface area contributed by atoms with E-state index in [2.05, 4.69) is 34.5 Å². The van der Waals surface area contributed by atoms with Crippen molar-refractivity contribution in [3.05, 3.63) is 95.1 Å². The van der Waals surface area contributed by atoms with Gasteiger partial charge in [0.15, 0.2) is 0 Å². The fraction of sp³-hybridized carbons (Fsp3) is 0.345. The summed E-state index contributed by atoms with van der Waals surface area (Å²) in [6.45, 7) is 5.49. The second kappa shape index (κ2) is 9.61. The summed E-state index contributed by atoms with van der Waals surface area (Å²) in [7, 11) is 0. The van der Waals surface area contributed by atoms with Gasteiger partial charge in [0.1, 0.15) is 0 Å². The maximum absolute atomic E-state index is 13.4. The first-order chi connectivity index (χ1) is 16.5. The van der Waals surface area contributed by atoms with Crippen LogP contribution in [0, 0.1) is 6.92 Å². The number of aliphatic hydroxyl groups is 1. The van der Waals surface area contributed by atoms with E-state index in [0.29, 0.717) is 25.2 Å². The second-order valence-electron chi connectivity index (χ2n) is 9.80. The number of carbonyl (C=O) groups is 1. The third-order valence-electron chi connectivity index (χ3n) is 7.11. The maximum Gasteiger partial charge on any atom is 0.254 e. The molecule has 5 heteroatoms. The topological polar surface area (TPSA) is 55.8 Å². The smallest absolute Gasteiger partial charge is 0.254 e. The third kappa shape index (κ3) is 5.01. The first-order valence-electron chi connectivity index (χ1n) is 12.2. The Balaban J connectivity index is 1.27. The lowest BCUT2D eigenvalue weighted by Gasteiger charge is -2.43. The maximum atomic E-state index is 13.4. The highest BCUT2D eigenvalue weighted by Gasteiger charge is 2.37. The number of carbonyl (C=O) groups excluding carboxylic acids is 1. The number of anilines is 2. The van der Waals surface area contributed by atoms with Gasteiger partial charge >= 0.3 is 0 Å². The Hall–Kier alpha value is -3.15. The number of aryl methyl sites for hydroxylation is 1. The summed E-state index contributed by atoms with van der Waals surface area (Å²) in [6.07, 6.45) is 2.55. The van der Waals surface area contributed by atoms with Crippen molar-refractivity contribution in [2.75, 3.05) is 31.5 Å². The number of piperidine rings is 1. The third-order valence-corrected chi connectivity index (χ3v) is 7.11. The van der Waals surface area contributed by atoms with E-state index in [1.165, 1.54) is 11.1 Å². The molecule has 2 aliphatic heterocycles. The average molecular weight is 456 g/mol. The fourth-order valence-electron chi connectivity index (χ4n) is 5.27. The Morgan fingerprint density at radius 2 is 1.76 bits per heavy atom. The molecule has 1 atom stereocenters. The van der Waals surface area contributed by atoms with Gasteiger partial charge in [-0.2, -0.15) is 0 Å². The standard InChI is InChI=1S/C29H33N3O2/c1-22-12-13-24(18-27(22)30-26-10-3-2-4-11-26)28(33)32-16-7-15-29(34,21-32)20-31-17-14-23-8-5-6-9-25(23)19-31/h2-6,8-13,18,30,34H,7,14-17,19-21H2,1H3. The van der Waals surface area contributed by atoms with Gasteiger partial charge in [-0.15, -0.1) is 0 Å². The molecule has 0 bridgehead atoms. The summed E-state index contributed by atoms with van der Waals surface area (Å²) in [4.78, 5) is 17.6. The van der Waals surface area contributed by atoms with E-state index in [-0.39, 0.29) is 5.91 Å². The van der Waals surface area contributed by atoms with Crippen molar-refractivity contribution < 1.29 is 9.90 Å². The van der Waals surface area contributed by atoms with Crippen molar-refractivity contribution in [3.63, 3.8) is 0 Å². The van der Waals surface area contributed by atoms with E-state index in [1.54, 1.807) is 0 Å². The van der Waals surface area contributed by atoms with Gasteiger partial charge in [0, 0.05) is 43.1 Å². The number of fused-ring (bicyclic) bond motifs is 1. The van der Waals surface area contributed by atoms with Crippen LogP contribution >= 0.6 is 0 Å². The largest absolute Gasteiger partial charge is 0.387 e. The Morgan fingerprint density at radius 3 is 2.59 bits per heavy atom. The van der Waals surface area contributed by atoms with Crippen LogP contribution in [0.2, 0.25) is 0 Å². The average Bonchev–Trinajstić information content (AvgIpc) is 2.85. The van der Waals surface area contributed by atoms with Crippen LogP contribution in [0.4, 0.5) is 11.4 Å². The monoisotopic (exact) mass is 455 g/mol. The number of rotatable bonds is 5. The summed E-state index contributed by atoms with van der Waals surface area (Å²) < 4.78 is 0. The number of para-hydroxylation sites is 1. The van der Waals surface area contributed by atoms with Crippen LogP contribution in [0.1, 0.15) is 39.9 Å². The van der Waals surface area contributed by atoms with Crippen molar-refractivity contribution in [2.24, 2.45) is 0 Å². The Labute approximate surface area is 202 Å². The minimum Gasteiger partial charge on any atom is -0.387 e. The molecule has 0 spiro atoms. The minimum absolute atomic E-state index is 0.0155. The molecule has 2 N–H and O–H groups in total. The van der Waals surface area contributed by atoms with Crippen molar-refractivity contribution in [3.8, 4) is 0 Å². The quantitative estimate of drug-likeness (QED) is 0.582. The Morgan fingerprint density at radius 1 is 1.00 bits per heavy atom. The van der Waals surface area contributed by atoms with Crippen molar-refractivity contribution in [1.29, 1.82) is 0 Å². The van der Waals surface area contributed by atoms with Gasteiger partial charge in [0.05, 0.1) is 12.1 Å². The summed E-state index contributed by atoms with van der Waals surface area (Å²) in [5.41, 5.74) is 5.53. The first-order valence-corrected chi connectivity index (χ1v) is 12.2. The van der Waals surface area contributed by atoms with Gasteiger partial charge < -0.3 is 15.3 Å². The van der Waals surface area contributed by atoms with Crippen LogP contribution in [0.15, 0.2) is 72.8 Å². The minimum atomic E-state index is -0.879. The zero-order valence-electron chi connectivity index (χ0n) is 19.8. The second-order valence-corrected chi connectivity index (χ2v) is 9.80. The van der Waals surface area contributed by atoms with Gasteiger partial charge in [0.2, 0.25) is 0 Å². The van der Waals surface area contributed by atoms with Crippen molar-refractivity contribution >= 4 is 17.3 Å². The Kier molecular flexibility index (Phi) is 6.40. The molecule has 2 aliphatic rings. The van der Waals surface area contributed by atoms with Crippen LogP contribution in [0.5, 0.6) is 0 Å². The van der Waals surface area contributed by atoms with E-state index in [9.17, 15) is 9.90 Å². The summed E-state index contributed by atoms with van der Waals surface area (Å²) in [6, 6.07) is 24.4. The summed E-state index contributed by atoms with van der Waals surface area (Å²) in [5, 5.41) is 14.9. The molecule has 3 aromatic rings. The lowest BCUT2D eigenvalue weighted by Crippen LogP contribution is -2.56. The van der Waals surface area contributed by atoms with E-state index >= 15 is 0 Å². The molecule has 0 aromatic heterocycles. The van der Waals surface area contributed by atoms with E-state index in [1.807, 2.05) is 60.4 Å². The molecule has 2 heterocycles. The van der Waals surface area contributed by atoms with Crippen LogP contribution in [-0.4, -0.2) is 52.6 Å². The molecule has 5 rings (SSSR count). The summed E-state index contributed by atoms with van der Waals surface area (Å²) >= 11 is 0. The van der Waals surface area contributed by atoms with Crippen LogP contribution in [0.25, 0.3) is 0 Å². The van der Waals surface area contributed by atoms with E-state index in [0.717, 1.165) is 49.3 Å². The lowest BCUT2D eigenvalue weighted by atomic mass is 9.90. The van der Waals surface area contributed by atoms with Gasteiger partial charge in [-0.1, -0.05) is 48.5 Å². The number of nitrogens with zero attached hydrogens (tertiary/aromatic N) is 2. The number of β-amino-alcohol motifs (C(OH)–C–C–N with tert-alkyl or cyclic N) is 1. The van der Waals surface area contributed by atoms with Gasteiger partial charge in [-0.25, -0.2) is 0 Å².